The van der Waals surface area contributed by atoms with Crippen LogP contribution in [0.25, 0.3) is 0 Å². The number of aryl methyl sites for hydroxylation is 2. The van der Waals surface area contributed by atoms with Crippen LogP contribution in [0.5, 0.6) is 0 Å². The van der Waals surface area contributed by atoms with Crippen molar-refractivity contribution in [3.63, 3.8) is 0 Å². The van der Waals surface area contributed by atoms with Crippen molar-refractivity contribution in [1.29, 1.82) is 0 Å². The van der Waals surface area contributed by atoms with E-state index in [2.05, 4.69) is 10.3 Å². The first-order valence-corrected chi connectivity index (χ1v) is 11.2. The summed E-state index contributed by atoms with van der Waals surface area (Å²) in [6, 6.07) is 17.5. The van der Waals surface area contributed by atoms with Gasteiger partial charge in [0.2, 0.25) is 5.91 Å². The van der Waals surface area contributed by atoms with Gasteiger partial charge in [0, 0.05) is 18.9 Å². The molecule has 1 aromatic heterocycles. The number of carbonyl (C=O) groups is 1. The quantitative estimate of drug-likeness (QED) is 0.602. The van der Waals surface area contributed by atoms with Crippen LogP contribution in [0, 0.1) is 6.92 Å². The molecule has 3 rings (SSSR count). The molecule has 0 spiro atoms. The molecule has 1 heterocycles. The number of para-hydroxylation sites is 1. The van der Waals surface area contributed by atoms with Crippen molar-refractivity contribution in [3.05, 3.63) is 89.7 Å². The summed E-state index contributed by atoms with van der Waals surface area (Å²) in [5.74, 6) is -0.388. The first-order valence-electron chi connectivity index (χ1n) is 9.74. The molecule has 30 heavy (non-hydrogen) atoms. The number of carbonyl (C=O) groups excluding carboxylic acids is 1. The molecule has 3 aromatic rings. The molecule has 0 saturated carbocycles. The molecular weight excluding hydrogens is 398 g/mol. The smallest absolute Gasteiger partial charge is 0.264 e. The number of anilines is 1. The molecule has 0 aliphatic carbocycles. The van der Waals surface area contributed by atoms with Gasteiger partial charge in [-0.3, -0.25) is 14.1 Å². The molecule has 0 aliphatic heterocycles. The summed E-state index contributed by atoms with van der Waals surface area (Å²) in [6.45, 7) is 3.82. The molecule has 0 atom stereocenters. The summed E-state index contributed by atoms with van der Waals surface area (Å²) >= 11 is 0. The van der Waals surface area contributed by atoms with Crippen LogP contribution in [0.15, 0.2) is 78.0 Å². The van der Waals surface area contributed by atoms with E-state index < -0.39 is 10.0 Å². The van der Waals surface area contributed by atoms with Gasteiger partial charge in [-0.15, -0.1) is 0 Å². The first kappa shape index (κ1) is 21.5. The maximum atomic E-state index is 13.5. The molecule has 0 bridgehead atoms. The number of aromatic nitrogens is 1. The lowest BCUT2D eigenvalue weighted by atomic mass is 10.1. The van der Waals surface area contributed by atoms with E-state index in [0.29, 0.717) is 12.1 Å². The predicted octanol–water partition coefficient (Wildman–Crippen LogP) is 3.46. The predicted molar refractivity (Wildman–Crippen MR) is 118 cm³/mol. The van der Waals surface area contributed by atoms with Crippen molar-refractivity contribution in [2.24, 2.45) is 0 Å². The van der Waals surface area contributed by atoms with Crippen LogP contribution in [0.3, 0.4) is 0 Å². The van der Waals surface area contributed by atoms with Crippen LogP contribution in [0.4, 0.5) is 5.69 Å². The van der Waals surface area contributed by atoms with Gasteiger partial charge in [-0.2, -0.15) is 0 Å². The van der Waals surface area contributed by atoms with E-state index in [1.807, 2.05) is 32.0 Å². The normalized spacial score (nSPS) is 11.1. The summed E-state index contributed by atoms with van der Waals surface area (Å²) < 4.78 is 28.1. The van der Waals surface area contributed by atoms with Crippen molar-refractivity contribution in [2.75, 3.05) is 10.8 Å². The Balaban J connectivity index is 1.91. The van der Waals surface area contributed by atoms with Crippen LogP contribution in [-0.2, 0) is 27.8 Å². The molecule has 2 aromatic carbocycles. The molecule has 0 unspecified atom stereocenters. The number of sulfonamides is 1. The second-order valence-corrected chi connectivity index (χ2v) is 8.81. The Kier molecular flexibility index (Phi) is 6.84. The molecule has 6 nitrogen and oxygen atoms in total. The van der Waals surface area contributed by atoms with E-state index in [0.717, 1.165) is 16.7 Å². The van der Waals surface area contributed by atoms with Crippen LogP contribution in [-0.4, -0.2) is 25.9 Å². The summed E-state index contributed by atoms with van der Waals surface area (Å²) in [4.78, 5) is 16.9. The van der Waals surface area contributed by atoms with E-state index in [-0.39, 0.29) is 23.9 Å². The van der Waals surface area contributed by atoms with Crippen molar-refractivity contribution in [2.45, 2.75) is 31.7 Å². The average Bonchev–Trinajstić information content (AvgIpc) is 2.77. The van der Waals surface area contributed by atoms with E-state index in [9.17, 15) is 13.2 Å². The lowest BCUT2D eigenvalue weighted by Crippen LogP contribution is -2.41. The fraction of sp³-hybridized carbons (Fsp3) is 0.217. The Morgan fingerprint density at radius 3 is 2.43 bits per heavy atom. The van der Waals surface area contributed by atoms with Crippen LogP contribution in [0.2, 0.25) is 0 Å². The zero-order valence-corrected chi connectivity index (χ0v) is 17.9. The lowest BCUT2D eigenvalue weighted by molar-refractivity contribution is -0.119. The zero-order chi connectivity index (χ0) is 21.6. The Labute approximate surface area is 177 Å². The highest BCUT2D eigenvalue weighted by molar-refractivity contribution is 7.92. The average molecular weight is 424 g/mol. The highest BCUT2D eigenvalue weighted by Gasteiger charge is 2.28. The number of hydrogen-bond acceptors (Lipinski definition) is 4. The molecule has 0 radical (unpaired) electrons. The van der Waals surface area contributed by atoms with Gasteiger partial charge in [-0.05, 0) is 48.7 Å². The largest absolute Gasteiger partial charge is 0.350 e. The monoisotopic (exact) mass is 423 g/mol. The topological polar surface area (TPSA) is 79.4 Å². The summed E-state index contributed by atoms with van der Waals surface area (Å²) in [5.41, 5.74) is 3.17. The van der Waals surface area contributed by atoms with Crippen molar-refractivity contribution < 1.29 is 13.2 Å². The maximum Gasteiger partial charge on any atom is 0.264 e. The number of nitrogens with zero attached hydrogens (tertiary/aromatic N) is 2. The molecule has 7 heteroatoms. The molecular formula is C23H25N3O3S. The van der Waals surface area contributed by atoms with Crippen molar-refractivity contribution in [3.8, 4) is 0 Å². The minimum atomic E-state index is -3.92. The Morgan fingerprint density at radius 1 is 1.03 bits per heavy atom. The third kappa shape index (κ3) is 5.04. The number of benzene rings is 2. The lowest BCUT2D eigenvalue weighted by Gasteiger charge is -2.26. The van der Waals surface area contributed by atoms with Crippen molar-refractivity contribution >= 4 is 21.6 Å². The van der Waals surface area contributed by atoms with Gasteiger partial charge in [-0.1, -0.05) is 48.9 Å². The van der Waals surface area contributed by atoms with Crippen molar-refractivity contribution in [1.82, 2.24) is 10.3 Å². The zero-order valence-electron chi connectivity index (χ0n) is 17.1. The SMILES string of the molecule is CCc1ccccc1N(CC(=O)NCc1cccnc1)S(=O)(=O)c1ccc(C)cc1. The number of nitrogens with one attached hydrogen (secondary N) is 1. The number of hydrogen-bond donors (Lipinski definition) is 1. The second kappa shape index (κ2) is 9.54. The maximum absolute atomic E-state index is 13.5. The highest BCUT2D eigenvalue weighted by atomic mass is 32.2. The minimum absolute atomic E-state index is 0.152. The summed E-state index contributed by atoms with van der Waals surface area (Å²) in [7, 11) is -3.92. The van der Waals surface area contributed by atoms with E-state index in [1.165, 1.54) is 4.31 Å². The summed E-state index contributed by atoms with van der Waals surface area (Å²) in [6.07, 6.45) is 3.96. The summed E-state index contributed by atoms with van der Waals surface area (Å²) in [5, 5.41) is 2.78. The van der Waals surface area contributed by atoms with E-state index in [4.69, 9.17) is 0 Å². The third-order valence-corrected chi connectivity index (χ3v) is 6.52. The van der Waals surface area contributed by atoms with Crippen LogP contribution < -0.4 is 9.62 Å². The van der Waals surface area contributed by atoms with Crippen LogP contribution >= 0.6 is 0 Å². The van der Waals surface area contributed by atoms with E-state index >= 15 is 0 Å². The Bertz CT molecular complexity index is 1100. The van der Waals surface area contributed by atoms with Crippen LogP contribution in [0.1, 0.15) is 23.6 Å². The van der Waals surface area contributed by atoms with Gasteiger partial charge < -0.3 is 5.32 Å². The molecule has 1 amide bonds. The molecule has 0 aliphatic rings. The minimum Gasteiger partial charge on any atom is -0.350 e. The fourth-order valence-electron chi connectivity index (χ4n) is 3.08. The molecule has 0 fully saturated rings. The number of amides is 1. The highest BCUT2D eigenvalue weighted by Crippen LogP contribution is 2.27. The van der Waals surface area contributed by atoms with Gasteiger partial charge >= 0.3 is 0 Å². The van der Waals surface area contributed by atoms with Gasteiger partial charge in [0.15, 0.2) is 0 Å². The second-order valence-electron chi connectivity index (χ2n) is 6.95. The standard InChI is InChI=1S/C23H25N3O3S/c1-3-20-8-4-5-9-22(20)26(30(28,29)21-12-10-18(2)11-13-21)17-23(27)25-16-19-7-6-14-24-15-19/h4-15H,3,16-17H2,1-2H3,(H,25,27). The first-order chi connectivity index (χ1) is 14.4. The Hall–Kier alpha value is -3.19. The number of pyridine rings is 1. The van der Waals surface area contributed by atoms with Gasteiger partial charge in [0.25, 0.3) is 10.0 Å². The van der Waals surface area contributed by atoms with Gasteiger partial charge in [0.1, 0.15) is 6.54 Å². The Morgan fingerprint density at radius 2 is 1.77 bits per heavy atom. The van der Waals surface area contributed by atoms with Gasteiger partial charge in [-0.25, -0.2) is 8.42 Å². The van der Waals surface area contributed by atoms with E-state index in [1.54, 1.807) is 54.9 Å². The fourth-order valence-corrected chi connectivity index (χ4v) is 4.54. The molecule has 156 valence electrons. The van der Waals surface area contributed by atoms with Gasteiger partial charge in [0.05, 0.1) is 10.6 Å². The molecule has 0 saturated heterocycles. The molecule has 1 N–H and O–H groups in total. The number of rotatable bonds is 8. The third-order valence-electron chi connectivity index (χ3n) is 4.75.